The average molecular weight is 609 g/mol. The van der Waals surface area contributed by atoms with E-state index in [1.165, 1.54) is 30.3 Å². The number of fused-ring (bicyclic) bond motifs is 1. The molecule has 1 heterocycles. The van der Waals surface area contributed by atoms with Crippen molar-refractivity contribution in [3.63, 3.8) is 0 Å². The van der Waals surface area contributed by atoms with Gasteiger partial charge in [0, 0.05) is 22.5 Å². The standard InChI is InChI=1S/C29H23Cl2N5O4S/c1-17-12-20(15-21(13-17)40-2)32-27-28(35-26-9-4-3-8-25(26)34-27)36-41(38,39)22-7-5-6-19(16-22)33-29(37)23-14-18(30)10-11-24(23)31/h3-16H,1-2H3,(H,32,34)(H,33,37)(H,35,36). The highest BCUT2D eigenvalue weighted by Crippen LogP contribution is 2.30. The summed E-state index contributed by atoms with van der Waals surface area (Å²) in [4.78, 5) is 21.8. The maximum atomic E-state index is 13.5. The van der Waals surface area contributed by atoms with E-state index in [2.05, 4.69) is 25.3 Å². The number of hydrogen-bond acceptors (Lipinski definition) is 7. The van der Waals surface area contributed by atoms with Gasteiger partial charge >= 0.3 is 0 Å². The van der Waals surface area contributed by atoms with E-state index in [9.17, 15) is 13.2 Å². The Morgan fingerprint density at radius 3 is 2.29 bits per heavy atom. The van der Waals surface area contributed by atoms with Gasteiger partial charge < -0.3 is 15.4 Å². The molecule has 0 saturated carbocycles. The number of benzene rings is 4. The highest BCUT2D eigenvalue weighted by atomic mass is 35.5. The third kappa shape index (κ3) is 6.51. The van der Waals surface area contributed by atoms with E-state index >= 15 is 0 Å². The molecular formula is C29H23Cl2N5O4S. The molecule has 4 aromatic carbocycles. The molecule has 1 aromatic heterocycles. The lowest BCUT2D eigenvalue weighted by Gasteiger charge is -2.15. The summed E-state index contributed by atoms with van der Waals surface area (Å²) in [6, 6.07) is 22.9. The van der Waals surface area contributed by atoms with Crippen LogP contribution in [0.25, 0.3) is 11.0 Å². The number of para-hydroxylation sites is 2. The second-order valence-corrected chi connectivity index (χ2v) is 11.5. The number of carbonyl (C=O) groups is 1. The van der Waals surface area contributed by atoms with Crippen LogP contribution in [-0.4, -0.2) is 31.4 Å². The second kappa shape index (κ2) is 11.6. The number of nitrogens with one attached hydrogen (secondary N) is 3. The van der Waals surface area contributed by atoms with Crippen LogP contribution >= 0.6 is 23.2 Å². The maximum absolute atomic E-state index is 13.5. The number of ether oxygens (including phenoxy) is 1. The van der Waals surface area contributed by atoms with E-state index in [1.807, 2.05) is 25.1 Å². The smallest absolute Gasteiger partial charge is 0.263 e. The van der Waals surface area contributed by atoms with Gasteiger partial charge in [-0.25, -0.2) is 18.4 Å². The monoisotopic (exact) mass is 607 g/mol. The predicted molar refractivity (Wildman–Crippen MR) is 162 cm³/mol. The molecule has 0 aliphatic carbocycles. The summed E-state index contributed by atoms with van der Waals surface area (Å²) >= 11 is 12.1. The number of amides is 1. The number of hydrogen-bond donors (Lipinski definition) is 3. The quantitative estimate of drug-likeness (QED) is 0.173. The first kappa shape index (κ1) is 28.2. The Kier molecular flexibility index (Phi) is 7.98. The van der Waals surface area contributed by atoms with E-state index in [4.69, 9.17) is 27.9 Å². The van der Waals surface area contributed by atoms with Crippen molar-refractivity contribution in [2.45, 2.75) is 11.8 Å². The van der Waals surface area contributed by atoms with Crippen molar-refractivity contribution in [3.8, 4) is 5.75 Å². The summed E-state index contributed by atoms with van der Waals surface area (Å²) in [5.74, 6) is 0.270. The SMILES string of the molecule is COc1cc(C)cc(Nc2nc3ccccc3nc2NS(=O)(=O)c2cccc(NC(=O)c3cc(Cl)ccc3Cl)c2)c1. The number of rotatable bonds is 8. The van der Waals surface area contributed by atoms with Crippen LogP contribution in [0.15, 0.2) is 89.8 Å². The van der Waals surface area contributed by atoms with E-state index in [0.717, 1.165) is 5.56 Å². The van der Waals surface area contributed by atoms with Crippen molar-refractivity contribution < 1.29 is 17.9 Å². The van der Waals surface area contributed by atoms with Crippen LogP contribution in [0.5, 0.6) is 5.75 Å². The zero-order valence-electron chi connectivity index (χ0n) is 21.8. The Morgan fingerprint density at radius 2 is 1.56 bits per heavy atom. The fourth-order valence-electron chi connectivity index (χ4n) is 4.03. The van der Waals surface area contributed by atoms with Crippen LogP contribution in [-0.2, 0) is 10.0 Å². The molecule has 5 aromatic rings. The molecule has 0 radical (unpaired) electrons. The van der Waals surface area contributed by atoms with Crippen LogP contribution in [0.3, 0.4) is 0 Å². The molecule has 0 aliphatic rings. The average Bonchev–Trinajstić information content (AvgIpc) is 2.94. The molecular weight excluding hydrogens is 585 g/mol. The fraction of sp³-hybridized carbons (Fsp3) is 0.0690. The molecule has 0 fully saturated rings. The van der Waals surface area contributed by atoms with E-state index < -0.39 is 15.9 Å². The van der Waals surface area contributed by atoms with Gasteiger partial charge in [-0.05, 0) is 73.2 Å². The third-order valence-corrected chi connectivity index (χ3v) is 7.83. The topological polar surface area (TPSA) is 122 Å². The van der Waals surface area contributed by atoms with Gasteiger partial charge in [-0.3, -0.25) is 9.52 Å². The molecule has 0 atom stereocenters. The summed E-state index contributed by atoms with van der Waals surface area (Å²) in [6.45, 7) is 1.91. The molecule has 0 aliphatic heterocycles. The lowest BCUT2D eigenvalue weighted by molar-refractivity contribution is 0.102. The van der Waals surface area contributed by atoms with Gasteiger partial charge in [-0.15, -0.1) is 0 Å². The summed E-state index contributed by atoms with van der Waals surface area (Å²) in [5, 5.41) is 6.36. The number of methoxy groups -OCH3 is 1. The number of nitrogens with zero attached hydrogens (tertiary/aromatic N) is 2. The van der Waals surface area contributed by atoms with Gasteiger partial charge in [0.05, 0.1) is 33.6 Å². The van der Waals surface area contributed by atoms with Crippen molar-refractivity contribution in [1.82, 2.24) is 9.97 Å². The lowest BCUT2D eigenvalue weighted by atomic mass is 10.2. The Labute approximate surface area is 246 Å². The van der Waals surface area contributed by atoms with Crippen molar-refractivity contribution in [3.05, 3.63) is 106 Å². The molecule has 208 valence electrons. The number of anilines is 4. The van der Waals surface area contributed by atoms with Gasteiger partial charge in [0.2, 0.25) is 0 Å². The van der Waals surface area contributed by atoms with Crippen LogP contribution in [0, 0.1) is 6.92 Å². The summed E-state index contributed by atoms with van der Waals surface area (Å²) in [5.41, 5.74) is 3.03. The highest BCUT2D eigenvalue weighted by molar-refractivity contribution is 7.92. The zero-order valence-corrected chi connectivity index (χ0v) is 24.1. The normalized spacial score (nSPS) is 11.2. The Balaban J connectivity index is 1.47. The number of carbonyl (C=O) groups excluding carboxylic acids is 1. The first-order valence-corrected chi connectivity index (χ1v) is 14.4. The molecule has 9 nitrogen and oxygen atoms in total. The molecule has 0 bridgehead atoms. The van der Waals surface area contributed by atoms with Gasteiger partial charge in [-0.1, -0.05) is 41.4 Å². The van der Waals surface area contributed by atoms with Crippen LogP contribution in [0.2, 0.25) is 10.0 Å². The molecule has 1 amide bonds. The van der Waals surface area contributed by atoms with Crippen LogP contribution in [0.4, 0.5) is 23.0 Å². The second-order valence-electron chi connectivity index (χ2n) is 8.99. The first-order valence-electron chi connectivity index (χ1n) is 12.2. The Bertz CT molecular complexity index is 1900. The third-order valence-electron chi connectivity index (χ3n) is 5.93. The first-order chi connectivity index (χ1) is 19.6. The molecule has 5 rings (SSSR count). The van der Waals surface area contributed by atoms with Crippen molar-refractivity contribution in [1.29, 1.82) is 0 Å². The Hall–Kier alpha value is -4.38. The molecule has 41 heavy (non-hydrogen) atoms. The minimum absolute atomic E-state index is 0.00989. The number of halogens is 2. The van der Waals surface area contributed by atoms with Crippen LogP contribution in [0.1, 0.15) is 15.9 Å². The minimum Gasteiger partial charge on any atom is -0.497 e. The predicted octanol–water partition coefficient (Wildman–Crippen LogP) is 7.05. The molecule has 0 spiro atoms. The summed E-state index contributed by atoms with van der Waals surface area (Å²) in [7, 11) is -2.61. The molecule has 12 heteroatoms. The van der Waals surface area contributed by atoms with Gasteiger partial charge in [0.1, 0.15) is 5.75 Å². The Morgan fingerprint density at radius 1 is 0.829 bits per heavy atom. The van der Waals surface area contributed by atoms with Crippen molar-refractivity contribution in [2.24, 2.45) is 0 Å². The van der Waals surface area contributed by atoms with Crippen LogP contribution < -0.4 is 20.1 Å². The zero-order chi connectivity index (χ0) is 29.1. The van der Waals surface area contributed by atoms with Crippen molar-refractivity contribution >= 4 is 73.2 Å². The fourth-order valence-corrected chi connectivity index (χ4v) is 5.46. The minimum atomic E-state index is -4.17. The summed E-state index contributed by atoms with van der Waals surface area (Å²) in [6.07, 6.45) is 0. The number of aromatic nitrogens is 2. The number of aryl methyl sites for hydroxylation is 1. The largest absolute Gasteiger partial charge is 0.497 e. The number of sulfonamides is 1. The highest BCUT2D eigenvalue weighted by Gasteiger charge is 2.21. The molecule has 3 N–H and O–H groups in total. The summed E-state index contributed by atoms with van der Waals surface area (Å²) < 4.78 is 35.0. The molecule has 0 saturated heterocycles. The molecule has 0 unspecified atom stereocenters. The van der Waals surface area contributed by atoms with Gasteiger partial charge in [-0.2, -0.15) is 0 Å². The van der Waals surface area contributed by atoms with E-state index in [-0.39, 0.29) is 32.8 Å². The van der Waals surface area contributed by atoms with Gasteiger partial charge in [0.15, 0.2) is 11.6 Å². The van der Waals surface area contributed by atoms with E-state index in [1.54, 1.807) is 43.5 Å². The lowest BCUT2D eigenvalue weighted by Crippen LogP contribution is -2.17. The maximum Gasteiger partial charge on any atom is 0.263 e. The van der Waals surface area contributed by atoms with E-state index in [0.29, 0.717) is 27.5 Å². The van der Waals surface area contributed by atoms with Gasteiger partial charge in [0.25, 0.3) is 15.9 Å². The van der Waals surface area contributed by atoms with Crippen molar-refractivity contribution in [2.75, 3.05) is 22.5 Å².